The fourth-order valence-electron chi connectivity index (χ4n) is 3.82. The van der Waals surface area contributed by atoms with Gasteiger partial charge in [-0.2, -0.15) is 12.7 Å². The van der Waals surface area contributed by atoms with Crippen LogP contribution >= 0.6 is 0 Å². The zero-order valence-electron chi connectivity index (χ0n) is 19.0. The van der Waals surface area contributed by atoms with Crippen LogP contribution in [-0.2, 0) is 10.2 Å². The Kier molecular flexibility index (Phi) is 6.67. The first kappa shape index (κ1) is 23.5. The maximum absolute atomic E-state index is 12.9. The lowest BCUT2D eigenvalue weighted by atomic mass is 10.1. The number of carbonyl (C=O) groups excluding carboxylic acids is 2. The molecule has 0 aliphatic carbocycles. The second-order valence-corrected chi connectivity index (χ2v) is 10.1. The first-order chi connectivity index (χ1) is 16.3. The van der Waals surface area contributed by atoms with Crippen molar-refractivity contribution in [2.45, 2.75) is 13.3 Å². The second kappa shape index (κ2) is 9.66. The molecule has 0 bridgehead atoms. The number of benzene rings is 3. The minimum absolute atomic E-state index is 0.242. The highest BCUT2D eigenvalue weighted by molar-refractivity contribution is 7.90. The molecule has 1 aliphatic rings. The lowest BCUT2D eigenvalue weighted by molar-refractivity contribution is 0.101. The molecule has 9 heteroatoms. The largest absolute Gasteiger partial charge is 0.322 e. The van der Waals surface area contributed by atoms with E-state index in [-0.39, 0.29) is 11.8 Å². The molecule has 1 aliphatic heterocycles. The maximum atomic E-state index is 12.9. The van der Waals surface area contributed by atoms with E-state index in [1.807, 2.05) is 6.07 Å². The minimum atomic E-state index is -3.56. The lowest BCUT2D eigenvalue weighted by Crippen LogP contribution is -2.48. The summed E-state index contributed by atoms with van der Waals surface area (Å²) in [5, 5.41) is 5.67. The molecule has 0 spiro atoms. The number of nitrogens with one attached hydrogen (secondary N) is 2. The third kappa shape index (κ3) is 4.95. The van der Waals surface area contributed by atoms with Gasteiger partial charge in [0.2, 0.25) is 0 Å². The fourth-order valence-corrected chi connectivity index (χ4v) is 5.26. The van der Waals surface area contributed by atoms with E-state index in [9.17, 15) is 18.0 Å². The third-order valence-corrected chi connectivity index (χ3v) is 7.58. The molecule has 0 unspecified atom stereocenters. The van der Waals surface area contributed by atoms with Crippen LogP contribution in [0.4, 0.5) is 17.1 Å². The van der Waals surface area contributed by atoms with Crippen molar-refractivity contribution in [1.29, 1.82) is 0 Å². The van der Waals surface area contributed by atoms with Crippen LogP contribution in [0.5, 0.6) is 0 Å². The average Bonchev–Trinajstić information content (AvgIpc) is 2.81. The molecule has 0 radical (unpaired) electrons. The Hall–Kier alpha value is -3.69. The SMILES string of the molecule is Cc1cc(N2CCCN(C)S2(=O)=O)ccc1C(=O)Nc1cccc(NC(=O)c2ccccc2)c1. The van der Waals surface area contributed by atoms with Gasteiger partial charge in [0.1, 0.15) is 0 Å². The number of rotatable bonds is 5. The van der Waals surface area contributed by atoms with Crippen LogP contribution in [0.2, 0.25) is 0 Å². The van der Waals surface area contributed by atoms with Crippen LogP contribution in [0.3, 0.4) is 0 Å². The van der Waals surface area contributed by atoms with Gasteiger partial charge in [-0.05, 0) is 67.4 Å². The molecule has 0 atom stereocenters. The Morgan fingerprint density at radius 2 is 1.50 bits per heavy atom. The summed E-state index contributed by atoms with van der Waals surface area (Å²) in [7, 11) is -1.99. The van der Waals surface area contributed by atoms with Gasteiger partial charge in [0.15, 0.2) is 0 Å². The van der Waals surface area contributed by atoms with E-state index in [0.717, 1.165) is 6.42 Å². The lowest BCUT2D eigenvalue weighted by Gasteiger charge is -2.34. The van der Waals surface area contributed by atoms with E-state index in [0.29, 0.717) is 46.8 Å². The van der Waals surface area contributed by atoms with Crippen molar-refractivity contribution in [3.05, 3.63) is 89.5 Å². The van der Waals surface area contributed by atoms with Gasteiger partial charge in [-0.15, -0.1) is 0 Å². The highest BCUT2D eigenvalue weighted by atomic mass is 32.2. The first-order valence-corrected chi connectivity index (χ1v) is 12.3. The van der Waals surface area contributed by atoms with Gasteiger partial charge in [-0.1, -0.05) is 24.3 Å². The summed E-state index contributed by atoms with van der Waals surface area (Å²) < 4.78 is 27.9. The molecule has 8 nitrogen and oxygen atoms in total. The quantitative estimate of drug-likeness (QED) is 0.581. The van der Waals surface area contributed by atoms with Crippen molar-refractivity contribution < 1.29 is 18.0 Å². The highest BCUT2D eigenvalue weighted by Crippen LogP contribution is 2.26. The topological polar surface area (TPSA) is 98.8 Å². The molecule has 2 N–H and O–H groups in total. The molecule has 1 fully saturated rings. The van der Waals surface area contributed by atoms with Gasteiger partial charge in [0.05, 0.1) is 5.69 Å². The fraction of sp³-hybridized carbons (Fsp3) is 0.200. The molecule has 1 saturated heterocycles. The summed E-state index contributed by atoms with van der Waals surface area (Å²) in [6.45, 7) is 2.66. The van der Waals surface area contributed by atoms with Gasteiger partial charge in [0, 0.05) is 42.6 Å². The molecule has 3 aromatic carbocycles. The van der Waals surface area contributed by atoms with Gasteiger partial charge < -0.3 is 10.6 Å². The van der Waals surface area contributed by atoms with E-state index in [4.69, 9.17) is 0 Å². The third-order valence-electron chi connectivity index (χ3n) is 5.66. The molecule has 4 rings (SSSR count). The van der Waals surface area contributed by atoms with Crippen molar-refractivity contribution in [1.82, 2.24) is 4.31 Å². The average molecular weight is 479 g/mol. The standard InChI is InChI=1S/C25H26N4O4S/c1-18-16-22(29-15-7-14-28(2)34(29,32)33)12-13-23(18)25(31)27-21-11-6-10-20(17-21)26-24(30)19-8-4-3-5-9-19/h3-6,8-13,16-17H,7,14-15H2,1-2H3,(H,26,30)(H,27,31). The minimum Gasteiger partial charge on any atom is -0.322 e. The molecule has 2 amide bonds. The van der Waals surface area contributed by atoms with Crippen molar-refractivity contribution in [2.24, 2.45) is 0 Å². The Morgan fingerprint density at radius 1 is 0.824 bits per heavy atom. The number of carbonyl (C=O) groups is 2. The van der Waals surface area contributed by atoms with E-state index < -0.39 is 10.2 Å². The molecular weight excluding hydrogens is 452 g/mol. The van der Waals surface area contributed by atoms with Gasteiger partial charge in [0.25, 0.3) is 11.8 Å². The normalized spacial score (nSPS) is 15.5. The summed E-state index contributed by atoms with van der Waals surface area (Å²) in [6.07, 6.45) is 0.730. The number of anilines is 3. The Bertz CT molecular complexity index is 1330. The van der Waals surface area contributed by atoms with Gasteiger partial charge in [-0.3, -0.25) is 13.9 Å². The zero-order chi connectivity index (χ0) is 24.3. The molecule has 0 aromatic heterocycles. The van der Waals surface area contributed by atoms with E-state index in [1.54, 1.807) is 80.7 Å². The molecular formula is C25H26N4O4S. The Balaban J connectivity index is 1.48. The predicted octanol–water partition coefficient (Wildman–Crippen LogP) is 3.89. The smallest absolute Gasteiger partial charge is 0.303 e. The van der Waals surface area contributed by atoms with Gasteiger partial charge >= 0.3 is 10.2 Å². The van der Waals surface area contributed by atoms with Crippen molar-refractivity contribution in [2.75, 3.05) is 35.1 Å². The van der Waals surface area contributed by atoms with Gasteiger partial charge in [-0.25, -0.2) is 0 Å². The summed E-state index contributed by atoms with van der Waals surface area (Å²) in [5.41, 5.74) is 3.25. The van der Waals surface area contributed by atoms with Crippen molar-refractivity contribution in [3.63, 3.8) is 0 Å². The number of hydrogen-bond donors (Lipinski definition) is 2. The van der Waals surface area contributed by atoms with Crippen LogP contribution in [0.1, 0.15) is 32.7 Å². The van der Waals surface area contributed by atoms with E-state index in [1.165, 1.54) is 8.61 Å². The number of hydrogen-bond acceptors (Lipinski definition) is 4. The molecule has 3 aromatic rings. The first-order valence-electron chi connectivity index (χ1n) is 10.9. The molecule has 1 heterocycles. The summed E-state index contributed by atoms with van der Waals surface area (Å²) >= 11 is 0. The maximum Gasteiger partial charge on any atom is 0.303 e. The molecule has 34 heavy (non-hydrogen) atoms. The zero-order valence-corrected chi connectivity index (χ0v) is 19.8. The summed E-state index contributed by atoms with van der Waals surface area (Å²) in [4.78, 5) is 25.3. The van der Waals surface area contributed by atoms with Crippen LogP contribution in [0.15, 0.2) is 72.8 Å². The monoisotopic (exact) mass is 478 g/mol. The summed E-state index contributed by atoms with van der Waals surface area (Å²) in [6, 6.07) is 20.7. The number of nitrogens with zero attached hydrogens (tertiary/aromatic N) is 2. The Morgan fingerprint density at radius 3 is 2.18 bits per heavy atom. The Labute approximate surface area is 199 Å². The van der Waals surface area contributed by atoms with E-state index in [2.05, 4.69) is 10.6 Å². The highest BCUT2D eigenvalue weighted by Gasteiger charge is 2.31. The predicted molar refractivity (Wildman–Crippen MR) is 133 cm³/mol. The second-order valence-electron chi connectivity index (χ2n) is 8.11. The van der Waals surface area contributed by atoms with Crippen molar-refractivity contribution >= 4 is 39.1 Å². The summed E-state index contributed by atoms with van der Waals surface area (Å²) in [5.74, 6) is -0.567. The van der Waals surface area contributed by atoms with Crippen LogP contribution in [0, 0.1) is 6.92 Å². The van der Waals surface area contributed by atoms with Crippen LogP contribution in [-0.4, -0.2) is 44.7 Å². The van der Waals surface area contributed by atoms with Crippen LogP contribution < -0.4 is 14.9 Å². The number of amides is 2. The van der Waals surface area contributed by atoms with Crippen molar-refractivity contribution in [3.8, 4) is 0 Å². The van der Waals surface area contributed by atoms with E-state index >= 15 is 0 Å². The van der Waals surface area contributed by atoms with Crippen LogP contribution in [0.25, 0.3) is 0 Å². The molecule has 176 valence electrons. The molecule has 0 saturated carbocycles. The number of aryl methyl sites for hydroxylation is 1.